The van der Waals surface area contributed by atoms with E-state index in [9.17, 15) is 4.79 Å². The van der Waals surface area contributed by atoms with E-state index in [1.807, 2.05) is 6.92 Å². The number of aryl methyl sites for hydroxylation is 1. The summed E-state index contributed by atoms with van der Waals surface area (Å²) in [6.45, 7) is 1.89. The smallest absolute Gasteiger partial charge is 0.255 e. The first-order valence-electron chi connectivity index (χ1n) is 5.34. The third kappa shape index (κ3) is 2.99. The average Bonchev–Trinajstić information content (AvgIpc) is 2.27. The molecule has 0 aliphatic heterocycles. The van der Waals surface area contributed by atoms with Crippen molar-refractivity contribution in [3.8, 4) is 0 Å². The molecule has 0 atom stereocenters. The second-order valence-corrected chi connectivity index (χ2v) is 4.34. The van der Waals surface area contributed by atoms with Crippen LogP contribution in [0.15, 0.2) is 36.5 Å². The van der Waals surface area contributed by atoms with Gasteiger partial charge in [-0.3, -0.25) is 4.79 Å². The van der Waals surface area contributed by atoms with Crippen LogP contribution < -0.4 is 11.1 Å². The zero-order valence-corrected chi connectivity index (χ0v) is 10.5. The SMILES string of the molecule is Cc1cc(N)cc(C(=O)Nc2ccnc(Cl)c2)c1. The Balaban J connectivity index is 2.22. The van der Waals surface area contributed by atoms with Gasteiger partial charge >= 0.3 is 0 Å². The molecule has 0 fully saturated rings. The van der Waals surface area contributed by atoms with Gasteiger partial charge in [0.2, 0.25) is 0 Å². The highest BCUT2D eigenvalue weighted by atomic mass is 35.5. The number of rotatable bonds is 2. The summed E-state index contributed by atoms with van der Waals surface area (Å²) >= 11 is 5.74. The molecule has 0 aliphatic carbocycles. The Morgan fingerprint density at radius 2 is 2.11 bits per heavy atom. The summed E-state index contributed by atoms with van der Waals surface area (Å²) in [5, 5.41) is 3.06. The first kappa shape index (κ1) is 12.4. The minimum Gasteiger partial charge on any atom is -0.399 e. The fraction of sp³-hybridized carbons (Fsp3) is 0.0769. The van der Waals surface area contributed by atoms with Gasteiger partial charge in [0.25, 0.3) is 5.91 Å². The van der Waals surface area contributed by atoms with Crippen LogP contribution in [0.4, 0.5) is 11.4 Å². The lowest BCUT2D eigenvalue weighted by Crippen LogP contribution is -2.12. The lowest BCUT2D eigenvalue weighted by atomic mass is 10.1. The molecule has 1 amide bonds. The largest absolute Gasteiger partial charge is 0.399 e. The highest BCUT2D eigenvalue weighted by Crippen LogP contribution is 2.15. The van der Waals surface area contributed by atoms with Crippen molar-refractivity contribution in [2.45, 2.75) is 6.92 Å². The molecule has 0 bridgehead atoms. The number of nitrogen functional groups attached to an aromatic ring is 1. The minimum absolute atomic E-state index is 0.229. The van der Waals surface area contributed by atoms with Crippen LogP contribution in [0.2, 0.25) is 5.15 Å². The third-order valence-electron chi connectivity index (χ3n) is 2.35. The summed E-state index contributed by atoms with van der Waals surface area (Å²) in [7, 11) is 0. The molecular weight excluding hydrogens is 250 g/mol. The Kier molecular flexibility index (Phi) is 3.48. The summed E-state index contributed by atoms with van der Waals surface area (Å²) in [5.41, 5.74) is 8.32. The number of hydrogen-bond acceptors (Lipinski definition) is 3. The summed E-state index contributed by atoms with van der Waals surface area (Å²) < 4.78 is 0. The standard InChI is InChI=1S/C13H12ClN3O/c1-8-4-9(6-10(15)5-8)13(18)17-11-2-3-16-12(14)7-11/h2-7H,15H2,1H3,(H,16,17,18). The minimum atomic E-state index is -0.229. The van der Waals surface area contributed by atoms with E-state index in [1.54, 1.807) is 30.3 Å². The van der Waals surface area contributed by atoms with Crippen molar-refractivity contribution in [2.75, 3.05) is 11.1 Å². The first-order chi connectivity index (χ1) is 8.54. The van der Waals surface area contributed by atoms with Gasteiger partial charge in [0.15, 0.2) is 0 Å². The van der Waals surface area contributed by atoms with Crippen molar-refractivity contribution < 1.29 is 4.79 Å². The van der Waals surface area contributed by atoms with Gasteiger partial charge < -0.3 is 11.1 Å². The number of pyridine rings is 1. The molecule has 2 aromatic rings. The van der Waals surface area contributed by atoms with E-state index in [1.165, 1.54) is 6.20 Å². The molecule has 18 heavy (non-hydrogen) atoms. The molecule has 0 saturated heterocycles. The number of halogens is 1. The monoisotopic (exact) mass is 261 g/mol. The fourth-order valence-electron chi connectivity index (χ4n) is 1.63. The van der Waals surface area contributed by atoms with Crippen LogP contribution in [0.1, 0.15) is 15.9 Å². The van der Waals surface area contributed by atoms with Gasteiger partial charge in [0, 0.05) is 23.1 Å². The summed E-state index contributed by atoms with van der Waals surface area (Å²) in [4.78, 5) is 15.8. The van der Waals surface area contributed by atoms with Crippen LogP contribution in [0.5, 0.6) is 0 Å². The first-order valence-corrected chi connectivity index (χ1v) is 5.72. The number of nitrogens with one attached hydrogen (secondary N) is 1. The van der Waals surface area contributed by atoms with E-state index >= 15 is 0 Å². The number of nitrogens with zero attached hydrogens (tertiary/aromatic N) is 1. The average molecular weight is 262 g/mol. The molecule has 0 saturated carbocycles. The van der Waals surface area contributed by atoms with E-state index in [4.69, 9.17) is 17.3 Å². The van der Waals surface area contributed by atoms with Gasteiger partial charge in [-0.2, -0.15) is 0 Å². The highest BCUT2D eigenvalue weighted by Gasteiger charge is 2.07. The maximum absolute atomic E-state index is 12.0. The van der Waals surface area contributed by atoms with E-state index < -0.39 is 0 Å². The van der Waals surface area contributed by atoms with E-state index in [2.05, 4.69) is 10.3 Å². The Labute approximate surface area is 110 Å². The van der Waals surface area contributed by atoms with Gasteiger partial charge in [-0.05, 0) is 42.8 Å². The molecule has 1 heterocycles. The van der Waals surface area contributed by atoms with Crippen molar-refractivity contribution in [1.29, 1.82) is 0 Å². The summed E-state index contributed by atoms with van der Waals surface area (Å²) in [6, 6.07) is 8.46. The maximum Gasteiger partial charge on any atom is 0.255 e. The second kappa shape index (κ2) is 5.06. The molecule has 1 aromatic heterocycles. The number of hydrogen-bond donors (Lipinski definition) is 2. The predicted octanol–water partition coefficient (Wildman–Crippen LogP) is 2.88. The van der Waals surface area contributed by atoms with Crippen LogP contribution in [0.25, 0.3) is 0 Å². The van der Waals surface area contributed by atoms with Crippen LogP contribution in [-0.2, 0) is 0 Å². The van der Waals surface area contributed by atoms with Crippen LogP contribution >= 0.6 is 11.6 Å². The van der Waals surface area contributed by atoms with Crippen molar-refractivity contribution in [1.82, 2.24) is 4.98 Å². The molecule has 4 nitrogen and oxygen atoms in total. The van der Waals surface area contributed by atoms with E-state index in [-0.39, 0.29) is 5.91 Å². The highest BCUT2D eigenvalue weighted by molar-refractivity contribution is 6.29. The van der Waals surface area contributed by atoms with Crippen LogP contribution in [0.3, 0.4) is 0 Å². The van der Waals surface area contributed by atoms with Gasteiger partial charge in [-0.1, -0.05) is 11.6 Å². The molecule has 5 heteroatoms. The van der Waals surface area contributed by atoms with Crippen LogP contribution in [-0.4, -0.2) is 10.9 Å². The number of anilines is 2. The van der Waals surface area contributed by atoms with Crippen molar-refractivity contribution in [3.05, 3.63) is 52.8 Å². The lowest BCUT2D eigenvalue weighted by Gasteiger charge is -2.07. The Hall–Kier alpha value is -2.07. The van der Waals surface area contributed by atoms with Crippen molar-refractivity contribution >= 4 is 28.9 Å². The molecule has 92 valence electrons. The fourth-order valence-corrected chi connectivity index (χ4v) is 1.80. The molecule has 0 radical (unpaired) electrons. The normalized spacial score (nSPS) is 10.1. The second-order valence-electron chi connectivity index (χ2n) is 3.95. The number of benzene rings is 1. The van der Waals surface area contributed by atoms with Crippen molar-refractivity contribution in [2.24, 2.45) is 0 Å². The number of carbonyl (C=O) groups is 1. The molecule has 2 rings (SSSR count). The Morgan fingerprint density at radius 3 is 2.78 bits per heavy atom. The number of carbonyl (C=O) groups excluding carboxylic acids is 1. The van der Waals surface area contributed by atoms with Gasteiger partial charge in [-0.15, -0.1) is 0 Å². The van der Waals surface area contributed by atoms with Crippen LogP contribution in [0, 0.1) is 6.92 Å². The molecule has 1 aromatic carbocycles. The van der Waals surface area contributed by atoms with Gasteiger partial charge in [0.05, 0.1) is 0 Å². The van der Waals surface area contributed by atoms with E-state index in [0.717, 1.165) is 5.56 Å². The molecule has 0 unspecified atom stereocenters. The predicted molar refractivity (Wildman–Crippen MR) is 72.8 cm³/mol. The maximum atomic E-state index is 12.0. The number of amides is 1. The Morgan fingerprint density at radius 1 is 1.33 bits per heavy atom. The molecule has 3 N–H and O–H groups in total. The topological polar surface area (TPSA) is 68.0 Å². The van der Waals surface area contributed by atoms with Gasteiger partial charge in [0.1, 0.15) is 5.15 Å². The van der Waals surface area contributed by atoms with Crippen molar-refractivity contribution in [3.63, 3.8) is 0 Å². The number of aromatic nitrogens is 1. The quantitative estimate of drug-likeness (QED) is 0.645. The summed E-state index contributed by atoms with van der Waals surface area (Å²) in [6.07, 6.45) is 1.53. The van der Waals surface area contributed by atoms with E-state index in [0.29, 0.717) is 22.1 Å². The lowest BCUT2D eigenvalue weighted by molar-refractivity contribution is 0.102. The molecular formula is C13H12ClN3O. The zero-order chi connectivity index (χ0) is 13.1. The zero-order valence-electron chi connectivity index (χ0n) is 9.77. The number of nitrogens with two attached hydrogens (primary N) is 1. The molecule has 0 spiro atoms. The summed E-state index contributed by atoms with van der Waals surface area (Å²) in [5.74, 6) is -0.229. The molecule has 0 aliphatic rings. The third-order valence-corrected chi connectivity index (χ3v) is 2.55. The Bertz CT molecular complexity index is 578. The van der Waals surface area contributed by atoms with Gasteiger partial charge in [-0.25, -0.2) is 4.98 Å².